The molecule has 0 N–H and O–H groups in total. The van der Waals surface area contributed by atoms with Gasteiger partial charge in [0, 0.05) is 6.08 Å². The SMILES string of the molecule is C=CC(=O)OOCC=COc1ccccc1. The van der Waals surface area contributed by atoms with Gasteiger partial charge in [0.15, 0.2) is 0 Å². The van der Waals surface area contributed by atoms with Gasteiger partial charge in [0.05, 0.1) is 6.26 Å². The summed E-state index contributed by atoms with van der Waals surface area (Å²) >= 11 is 0. The monoisotopic (exact) mass is 220 g/mol. The van der Waals surface area contributed by atoms with E-state index >= 15 is 0 Å². The lowest BCUT2D eigenvalue weighted by atomic mass is 10.3. The van der Waals surface area contributed by atoms with Gasteiger partial charge in [0.1, 0.15) is 12.4 Å². The van der Waals surface area contributed by atoms with E-state index < -0.39 is 5.97 Å². The average Bonchev–Trinajstić information content (AvgIpc) is 2.34. The predicted octanol–water partition coefficient (Wildman–Crippen LogP) is 2.24. The fourth-order valence-electron chi connectivity index (χ4n) is 0.830. The number of para-hydroxylation sites is 1. The molecule has 4 nitrogen and oxygen atoms in total. The third-order valence-electron chi connectivity index (χ3n) is 1.52. The van der Waals surface area contributed by atoms with Crippen LogP contribution in [0, 0.1) is 0 Å². The normalized spacial score (nSPS) is 10.0. The highest BCUT2D eigenvalue weighted by Gasteiger charge is 1.93. The van der Waals surface area contributed by atoms with Crippen LogP contribution in [0.15, 0.2) is 55.3 Å². The Balaban J connectivity index is 2.14. The number of rotatable bonds is 6. The standard InChI is InChI=1S/C12H12O4/c1-2-12(13)16-15-10-6-9-14-11-7-4-3-5-8-11/h2-9H,1,10H2. The minimum Gasteiger partial charge on any atom is -0.465 e. The lowest BCUT2D eigenvalue weighted by molar-refractivity contribution is -0.260. The maximum Gasteiger partial charge on any atom is 0.365 e. The molecule has 84 valence electrons. The third kappa shape index (κ3) is 4.97. The Morgan fingerprint density at radius 3 is 2.75 bits per heavy atom. The largest absolute Gasteiger partial charge is 0.465 e. The minimum atomic E-state index is -0.627. The molecule has 0 aliphatic carbocycles. The molecule has 0 amide bonds. The van der Waals surface area contributed by atoms with Crippen LogP contribution >= 0.6 is 0 Å². The molecule has 1 rings (SSSR count). The van der Waals surface area contributed by atoms with Crippen LogP contribution in [0.3, 0.4) is 0 Å². The quantitative estimate of drug-likeness (QED) is 0.242. The number of carbonyl (C=O) groups is 1. The summed E-state index contributed by atoms with van der Waals surface area (Å²) < 4.78 is 5.22. The summed E-state index contributed by atoms with van der Waals surface area (Å²) in [5.41, 5.74) is 0. The molecule has 0 radical (unpaired) electrons. The van der Waals surface area contributed by atoms with Crippen LogP contribution in [-0.4, -0.2) is 12.6 Å². The molecular weight excluding hydrogens is 208 g/mol. The molecule has 0 spiro atoms. The molecule has 0 saturated heterocycles. The Kier molecular flexibility index (Phi) is 5.44. The van der Waals surface area contributed by atoms with Gasteiger partial charge in [-0.15, -0.1) is 0 Å². The second-order valence-corrected chi connectivity index (χ2v) is 2.69. The van der Waals surface area contributed by atoms with Gasteiger partial charge in [-0.05, 0) is 18.2 Å². The summed E-state index contributed by atoms with van der Waals surface area (Å²) in [4.78, 5) is 19.4. The summed E-state index contributed by atoms with van der Waals surface area (Å²) in [5.74, 6) is 0.0965. The molecule has 0 atom stereocenters. The molecule has 0 heterocycles. The molecule has 1 aromatic carbocycles. The van der Waals surface area contributed by atoms with Crippen molar-refractivity contribution < 1.29 is 19.3 Å². The van der Waals surface area contributed by atoms with E-state index in [0.29, 0.717) is 0 Å². The zero-order valence-electron chi connectivity index (χ0n) is 8.67. The maximum atomic E-state index is 10.5. The number of hydrogen-bond donors (Lipinski definition) is 0. The molecule has 0 aliphatic heterocycles. The first-order chi connectivity index (χ1) is 7.83. The maximum absolute atomic E-state index is 10.5. The summed E-state index contributed by atoms with van der Waals surface area (Å²) in [7, 11) is 0. The van der Waals surface area contributed by atoms with Gasteiger partial charge < -0.3 is 4.74 Å². The van der Waals surface area contributed by atoms with E-state index in [0.717, 1.165) is 11.8 Å². The van der Waals surface area contributed by atoms with E-state index in [2.05, 4.69) is 16.4 Å². The summed E-state index contributed by atoms with van der Waals surface area (Å²) in [5, 5.41) is 0. The number of hydrogen-bond acceptors (Lipinski definition) is 4. The fraction of sp³-hybridized carbons (Fsp3) is 0.0833. The highest BCUT2D eigenvalue weighted by Crippen LogP contribution is 2.07. The molecule has 0 aliphatic rings. The van der Waals surface area contributed by atoms with Crippen molar-refractivity contribution in [3.63, 3.8) is 0 Å². The van der Waals surface area contributed by atoms with Crippen LogP contribution < -0.4 is 4.74 Å². The van der Waals surface area contributed by atoms with Crippen molar-refractivity contribution in [1.82, 2.24) is 0 Å². The second kappa shape index (κ2) is 7.25. The first-order valence-corrected chi connectivity index (χ1v) is 4.65. The molecule has 1 aromatic rings. The number of benzene rings is 1. The number of ether oxygens (including phenoxy) is 1. The molecule has 4 heteroatoms. The van der Waals surface area contributed by atoms with Gasteiger partial charge >= 0.3 is 5.97 Å². The van der Waals surface area contributed by atoms with Crippen molar-refractivity contribution in [1.29, 1.82) is 0 Å². The summed E-state index contributed by atoms with van der Waals surface area (Å²) in [6.07, 6.45) is 4.05. The van der Waals surface area contributed by atoms with Gasteiger partial charge in [-0.3, -0.25) is 4.89 Å². The van der Waals surface area contributed by atoms with Crippen LogP contribution in [0.4, 0.5) is 0 Å². The first-order valence-electron chi connectivity index (χ1n) is 4.65. The van der Waals surface area contributed by atoms with E-state index in [4.69, 9.17) is 4.74 Å². The lowest BCUT2D eigenvalue weighted by Gasteiger charge is -1.99. The molecule has 16 heavy (non-hydrogen) atoms. The molecular formula is C12H12O4. The summed E-state index contributed by atoms with van der Waals surface area (Å²) in [6.45, 7) is 3.34. The van der Waals surface area contributed by atoms with E-state index in [1.165, 1.54) is 6.26 Å². The Morgan fingerprint density at radius 2 is 2.06 bits per heavy atom. The Morgan fingerprint density at radius 1 is 1.31 bits per heavy atom. The van der Waals surface area contributed by atoms with Gasteiger partial charge in [0.25, 0.3) is 0 Å². The van der Waals surface area contributed by atoms with Crippen molar-refractivity contribution >= 4 is 5.97 Å². The minimum absolute atomic E-state index is 0.117. The smallest absolute Gasteiger partial charge is 0.365 e. The topological polar surface area (TPSA) is 44.8 Å². The van der Waals surface area contributed by atoms with Gasteiger partial charge in [-0.2, -0.15) is 4.89 Å². The Hall–Kier alpha value is -2.07. The fourth-order valence-corrected chi connectivity index (χ4v) is 0.830. The van der Waals surface area contributed by atoms with E-state index in [9.17, 15) is 4.79 Å². The Bertz CT molecular complexity index is 357. The van der Waals surface area contributed by atoms with Crippen LogP contribution in [0.1, 0.15) is 0 Å². The molecule has 0 aromatic heterocycles. The van der Waals surface area contributed by atoms with Crippen molar-refractivity contribution in [2.45, 2.75) is 0 Å². The van der Waals surface area contributed by atoms with E-state index in [1.807, 2.05) is 30.3 Å². The highest BCUT2D eigenvalue weighted by molar-refractivity contribution is 5.80. The molecule has 0 unspecified atom stereocenters. The predicted molar refractivity (Wildman–Crippen MR) is 58.5 cm³/mol. The van der Waals surface area contributed by atoms with Crippen molar-refractivity contribution in [2.75, 3.05) is 6.61 Å². The molecule has 0 saturated carbocycles. The third-order valence-corrected chi connectivity index (χ3v) is 1.52. The van der Waals surface area contributed by atoms with Gasteiger partial charge in [-0.25, -0.2) is 4.79 Å². The van der Waals surface area contributed by atoms with Crippen LogP contribution in [0.5, 0.6) is 5.75 Å². The summed E-state index contributed by atoms with van der Waals surface area (Å²) in [6, 6.07) is 9.28. The number of carbonyl (C=O) groups excluding carboxylic acids is 1. The zero-order valence-corrected chi connectivity index (χ0v) is 8.67. The highest BCUT2D eigenvalue weighted by atomic mass is 17.2. The zero-order chi connectivity index (χ0) is 11.6. The van der Waals surface area contributed by atoms with E-state index in [-0.39, 0.29) is 6.61 Å². The van der Waals surface area contributed by atoms with Crippen LogP contribution in [0.25, 0.3) is 0 Å². The van der Waals surface area contributed by atoms with E-state index in [1.54, 1.807) is 6.08 Å². The lowest BCUT2D eigenvalue weighted by Crippen LogP contribution is -2.01. The molecule has 0 fully saturated rings. The van der Waals surface area contributed by atoms with Crippen LogP contribution in [-0.2, 0) is 14.6 Å². The van der Waals surface area contributed by atoms with Crippen molar-refractivity contribution in [3.8, 4) is 5.75 Å². The van der Waals surface area contributed by atoms with Crippen molar-refractivity contribution in [2.24, 2.45) is 0 Å². The van der Waals surface area contributed by atoms with Crippen LogP contribution in [0.2, 0.25) is 0 Å². The van der Waals surface area contributed by atoms with Gasteiger partial charge in [-0.1, -0.05) is 24.8 Å². The second-order valence-electron chi connectivity index (χ2n) is 2.69. The van der Waals surface area contributed by atoms with Crippen molar-refractivity contribution in [3.05, 3.63) is 55.3 Å². The Labute approximate surface area is 93.7 Å². The molecule has 0 bridgehead atoms. The first kappa shape index (κ1) is 12.0. The van der Waals surface area contributed by atoms with Gasteiger partial charge in [0.2, 0.25) is 0 Å². The average molecular weight is 220 g/mol.